The molecule has 0 atom stereocenters. The average molecular weight is 284 g/mol. The summed E-state index contributed by atoms with van der Waals surface area (Å²) in [6.45, 7) is 0. The van der Waals surface area contributed by atoms with Crippen molar-refractivity contribution in [2.45, 2.75) is 4.21 Å². The third-order valence-corrected chi connectivity index (χ3v) is 4.77. The molecule has 0 spiro atoms. The van der Waals surface area contributed by atoms with Gasteiger partial charge >= 0.3 is 5.97 Å². The van der Waals surface area contributed by atoms with Gasteiger partial charge in [0.1, 0.15) is 9.77 Å². The quantitative estimate of drug-likeness (QED) is 0.889. The molecule has 2 aromatic rings. The molecule has 8 heteroatoms. The van der Waals surface area contributed by atoms with Crippen LogP contribution >= 0.6 is 11.3 Å². The van der Waals surface area contributed by atoms with Crippen LogP contribution in [-0.4, -0.2) is 24.5 Å². The molecule has 0 unspecified atom stereocenters. The summed E-state index contributed by atoms with van der Waals surface area (Å²) in [5.74, 6) is -1.44. The van der Waals surface area contributed by atoms with E-state index in [4.69, 9.17) is 5.11 Å². The third-order valence-electron chi connectivity index (χ3n) is 2.03. The molecule has 94 valence electrons. The molecule has 0 bridgehead atoms. The zero-order valence-corrected chi connectivity index (χ0v) is 10.5. The highest BCUT2D eigenvalue weighted by atomic mass is 32.2. The predicted octanol–water partition coefficient (Wildman–Crippen LogP) is 1.64. The number of hydrogen-bond acceptors (Lipinski definition) is 5. The molecule has 0 fully saturated rings. The number of carboxylic acids is 1. The molecule has 18 heavy (non-hydrogen) atoms. The first-order chi connectivity index (χ1) is 8.50. The minimum absolute atomic E-state index is 0.101. The Morgan fingerprint density at radius 2 is 2.11 bits per heavy atom. The molecule has 2 heterocycles. The second-order valence-corrected chi connectivity index (χ2v) is 6.10. The van der Waals surface area contributed by atoms with Gasteiger partial charge in [-0.3, -0.25) is 4.72 Å². The fourth-order valence-electron chi connectivity index (χ4n) is 1.25. The number of aromatic nitrogens is 1. The molecule has 0 saturated heterocycles. The van der Waals surface area contributed by atoms with Crippen LogP contribution in [0.4, 0.5) is 5.82 Å². The fraction of sp³-hybridized carbons (Fsp3) is 0. The maximum Gasteiger partial charge on any atom is 0.339 e. The highest BCUT2D eigenvalue weighted by molar-refractivity contribution is 7.94. The molecule has 0 aliphatic heterocycles. The number of pyridine rings is 1. The van der Waals surface area contributed by atoms with Crippen LogP contribution in [0.15, 0.2) is 40.1 Å². The van der Waals surface area contributed by atoms with E-state index in [0.717, 1.165) is 11.3 Å². The van der Waals surface area contributed by atoms with Crippen LogP contribution < -0.4 is 4.72 Å². The minimum Gasteiger partial charge on any atom is -0.478 e. The van der Waals surface area contributed by atoms with Gasteiger partial charge < -0.3 is 5.11 Å². The SMILES string of the molecule is O=C(O)c1cccnc1NS(=O)(=O)c1cccs1. The number of nitrogens with one attached hydrogen (secondary N) is 1. The normalized spacial score (nSPS) is 11.1. The van der Waals surface area contributed by atoms with Crippen molar-refractivity contribution in [2.24, 2.45) is 0 Å². The van der Waals surface area contributed by atoms with Gasteiger partial charge in [0.05, 0.1) is 0 Å². The Bertz CT molecular complexity index is 665. The van der Waals surface area contributed by atoms with Gasteiger partial charge in [-0.1, -0.05) is 6.07 Å². The van der Waals surface area contributed by atoms with Crippen molar-refractivity contribution in [1.82, 2.24) is 4.98 Å². The molecule has 2 rings (SSSR count). The van der Waals surface area contributed by atoms with Gasteiger partial charge in [-0.15, -0.1) is 11.3 Å². The van der Waals surface area contributed by atoms with Gasteiger partial charge in [-0.05, 0) is 23.6 Å². The highest BCUT2D eigenvalue weighted by Crippen LogP contribution is 2.21. The van der Waals surface area contributed by atoms with Gasteiger partial charge in [0.25, 0.3) is 10.0 Å². The Balaban J connectivity index is 2.39. The predicted molar refractivity (Wildman–Crippen MR) is 66.3 cm³/mol. The standard InChI is InChI=1S/C10H8N2O4S2/c13-10(14)7-3-1-5-11-9(7)12-18(15,16)8-4-2-6-17-8/h1-6H,(H,11,12)(H,13,14). The summed E-state index contributed by atoms with van der Waals surface area (Å²) < 4.78 is 26.1. The number of thiophene rings is 1. The van der Waals surface area contributed by atoms with Crippen molar-refractivity contribution < 1.29 is 18.3 Å². The van der Waals surface area contributed by atoms with Crippen molar-refractivity contribution in [1.29, 1.82) is 0 Å². The number of rotatable bonds is 4. The second kappa shape index (κ2) is 4.75. The smallest absolute Gasteiger partial charge is 0.339 e. The zero-order chi connectivity index (χ0) is 13.2. The number of carbonyl (C=O) groups is 1. The molecular weight excluding hydrogens is 276 g/mol. The van der Waals surface area contributed by atoms with Crippen LogP contribution in [0.5, 0.6) is 0 Å². The zero-order valence-electron chi connectivity index (χ0n) is 8.90. The van der Waals surface area contributed by atoms with Crippen molar-refractivity contribution in [3.8, 4) is 0 Å². The lowest BCUT2D eigenvalue weighted by molar-refractivity contribution is 0.0697. The van der Waals surface area contributed by atoms with Crippen LogP contribution in [0.1, 0.15) is 10.4 Å². The van der Waals surface area contributed by atoms with Crippen LogP contribution in [0.2, 0.25) is 0 Å². The molecule has 0 amide bonds. The lowest BCUT2D eigenvalue weighted by atomic mass is 10.3. The van der Waals surface area contributed by atoms with Crippen molar-refractivity contribution >= 4 is 33.1 Å². The van der Waals surface area contributed by atoms with E-state index < -0.39 is 16.0 Å². The third kappa shape index (κ3) is 2.49. The van der Waals surface area contributed by atoms with Gasteiger partial charge in [-0.2, -0.15) is 0 Å². The first kappa shape index (κ1) is 12.5. The number of anilines is 1. The van der Waals surface area contributed by atoms with Gasteiger partial charge in [0, 0.05) is 6.20 Å². The Hall–Kier alpha value is -1.93. The molecule has 6 nitrogen and oxygen atoms in total. The lowest BCUT2D eigenvalue weighted by Crippen LogP contribution is -2.15. The molecule has 0 aliphatic carbocycles. The van der Waals surface area contributed by atoms with Crippen LogP contribution in [0.25, 0.3) is 0 Å². The maximum atomic E-state index is 11.9. The van der Waals surface area contributed by atoms with Crippen LogP contribution in [0, 0.1) is 0 Å². The summed E-state index contributed by atoms with van der Waals surface area (Å²) in [5, 5.41) is 10.5. The summed E-state index contributed by atoms with van der Waals surface area (Å²) >= 11 is 1.04. The summed E-state index contributed by atoms with van der Waals surface area (Å²) in [6.07, 6.45) is 1.32. The van der Waals surface area contributed by atoms with E-state index in [9.17, 15) is 13.2 Å². The Labute approximate surface area is 107 Å². The van der Waals surface area contributed by atoms with E-state index in [1.807, 2.05) is 0 Å². The fourth-order valence-corrected chi connectivity index (χ4v) is 3.28. The number of aromatic carboxylic acids is 1. The van der Waals surface area contributed by atoms with E-state index in [0.29, 0.717) is 0 Å². The van der Waals surface area contributed by atoms with Gasteiger partial charge in [-0.25, -0.2) is 18.2 Å². The molecule has 0 aliphatic rings. The molecule has 2 N–H and O–H groups in total. The van der Waals surface area contributed by atoms with E-state index in [2.05, 4.69) is 9.71 Å². The first-order valence-electron chi connectivity index (χ1n) is 4.75. The van der Waals surface area contributed by atoms with Crippen molar-refractivity contribution in [2.75, 3.05) is 4.72 Å². The van der Waals surface area contributed by atoms with E-state index >= 15 is 0 Å². The molecule has 0 radical (unpaired) electrons. The first-order valence-corrected chi connectivity index (χ1v) is 7.11. The highest BCUT2D eigenvalue weighted by Gasteiger charge is 2.19. The van der Waals surface area contributed by atoms with Gasteiger partial charge in [0.15, 0.2) is 5.82 Å². The number of nitrogens with zero attached hydrogens (tertiary/aromatic N) is 1. The van der Waals surface area contributed by atoms with Gasteiger partial charge in [0.2, 0.25) is 0 Å². The van der Waals surface area contributed by atoms with Crippen LogP contribution in [0.3, 0.4) is 0 Å². The molecular formula is C10H8N2O4S2. The second-order valence-electron chi connectivity index (χ2n) is 3.24. The average Bonchev–Trinajstić information content (AvgIpc) is 2.83. The number of sulfonamides is 1. The molecule has 2 aromatic heterocycles. The Morgan fingerprint density at radius 3 is 2.72 bits per heavy atom. The largest absolute Gasteiger partial charge is 0.478 e. The Kier molecular flexibility index (Phi) is 3.30. The molecule has 0 saturated carbocycles. The summed E-state index contributed by atoms with van der Waals surface area (Å²) in [4.78, 5) is 14.7. The van der Waals surface area contributed by atoms with E-state index in [1.54, 1.807) is 11.4 Å². The lowest BCUT2D eigenvalue weighted by Gasteiger charge is -2.07. The van der Waals surface area contributed by atoms with E-state index in [1.165, 1.54) is 24.4 Å². The number of hydrogen-bond donors (Lipinski definition) is 2. The van der Waals surface area contributed by atoms with Crippen LogP contribution in [-0.2, 0) is 10.0 Å². The Morgan fingerprint density at radius 1 is 1.33 bits per heavy atom. The van der Waals surface area contributed by atoms with Crippen molar-refractivity contribution in [3.05, 3.63) is 41.4 Å². The van der Waals surface area contributed by atoms with E-state index in [-0.39, 0.29) is 15.6 Å². The number of carboxylic acid groups (broad SMARTS) is 1. The summed E-state index contributed by atoms with van der Waals surface area (Å²) in [5.41, 5.74) is -0.197. The maximum absolute atomic E-state index is 11.9. The molecule has 0 aromatic carbocycles. The summed E-state index contributed by atoms with van der Waals surface area (Å²) in [7, 11) is -3.78. The van der Waals surface area contributed by atoms with Crippen molar-refractivity contribution in [3.63, 3.8) is 0 Å². The summed E-state index contributed by atoms with van der Waals surface area (Å²) in [6, 6.07) is 5.72. The topological polar surface area (TPSA) is 96.4 Å². The monoisotopic (exact) mass is 284 g/mol. The minimum atomic E-state index is -3.78.